The van der Waals surface area contributed by atoms with E-state index in [0.717, 1.165) is 6.54 Å². The summed E-state index contributed by atoms with van der Waals surface area (Å²) in [5, 5.41) is 8.79. The molecule has 2 rings (SSSR count). The maximum atomic E-state index is 12.2. The Labute approximate surface area is 111 Å². The zero-order chi connectivity index (χ0) is 14.0. The van der Waals surface area contributed by atoms with Crippen LogP contribution in [0.3, 0.4) is 0 Å². The van der Waals surface area contributed by atoms with E-state index in [1.165, 1.54) is 18.3 Å². The number of likely N-dealkylation sites (N-methyl/N-ethyl adjacent to an activating group) is 1. The van der Waals surface area contributed by atoms with Gasteiger partial charge in [-0.2, -0.15) is 0 Å². The van der Waals surface area contributed by atoms with Crippen LogP contribution in [0.4, 0.5) is 0 Å². The number of nitrogens with zero attached hydrogens (tertiary/aromatic N) is 3. The number of aromatic carboxylic acids is 1. The summed E-state index contributed by atoms with van der Waals surface area (Å²) < 4.78 is 0. The van der Waals surface area contributed by atoms with Gasteiger partial charge in [0.1, 0.15) is 5.69 Å². The molecule has 102 valence electrons. The summed E-state index contributed by atoms with van der Waals surface area (Å²) in [5.41, 5.74) is 0.380. The molecule has 0 saturated carbocycles. The lowest BCUT2D eigenvalue weighted by Gasteiger charge is -2.37. The number of carbonyl (C=O) groups is 2. The highest BCUT2D eigenvalue weighted by molar-refractivity contribution is 5.93. The third-order valence-electron chi connectivity index (χ3n) is 3.48. The minimum absolute atomic E-state index is 0.0864. The third kappa shape index (κ3) is 2.90. The fourth-order valence-corrected chi connectivity index (χ4v) is 2.04. The van der Waals surface area contributed by atoms with Crippen LogP contribution in [0.5, 0.6) is 0 Å². The average Bonchev–Trinajstić information content (AvgIpc) is 2.41. The first-order chi connectivity index (χ1) is 8.99. The van der Waals surface area contributed by atoms with Crippen LogP contribution in [0, 0.1) is 0 Å². The van der Waals surface area contributed by atoms with Crippen LogP contribution in [0.2, 0.25) is 0 Å². The smallest absolute Gasteiger partial charge is 0.337 e. The van der Waals surface area contributed by atoms with Crippen LogP contribution in [0.15, 0.2) is 18.3 Å². The van der Waals surface area contributed by atoms with E-state index in [9.17, 15) is 9.59 Å². The highest BCUT2D eigenvalue weighted by Crippen LogP contribution is 2.11. The Hall–Kier alpha value is -1.95. The Morgan fingerprint density at radius 1 is 1.37 bits per heavy atom. The number of carbonyl (C=O) groups excluding carboxylic acids is 1. The van der Waals surface area contributed by atoms with Crippen molar-refractivity contribution < 1.29 is 14.7 Å². The predicted molar refractivity (Wildman–Crippen MR) is 69.2 cm³/mol. The topological polar surface area (TPSA) is 73.7 Å². The van der Waals surface area contributed by atoms with E-state index in [0.29, 0.717) is 24.8 Å². The number of rotatable bonds is 2. The molecule has 1 N–H and O–H groups in total. The van der Waals surface area contributed by atoms with Gasteiger partial charge in [-0.25, -0.2) is 4.79 Å². The van der Waals surface area contributed by atoms with Crippen molar-refractivity contribution in [1.82, 2.24) is 14.8 Å². The van der Waals surface area contributed by atoms with Gasteiger partial charge in [0.05, 0.1) is 5.56 Å². The first-order valence-corrected chi connectivity index (χ1v) is 6.18. The molecular formula is C13H17N3O3. The molecular weight excluding hydrogens is 246 g/mol. The van der Waals surface area contributed by atoms with Crippen LogP contribution in [-0.4, -0.2) is 64.5 Å². The van der Waals surface area contributed by atoms with Crippen LogP contribution < -0.4 is 0 Å². The largest absolute Gasteiger partial charge is 0.478 e. The van der Waals surface area contributed by atoms with Crippen molar-refractivity contribution in [2.24, 2.45) is 0 Å². The maximum Gasteiger partial charge on any atom is 0.337 e. The molecule has 0 aromatic carbocycles. The van der Waals surface area contributed by atoms with Crippen molar-refractivity contribution in [2.45, 2.75) is 13.0 Å². The first-order valence-electron chi connectivity index (χ1n) is 6.18. The summed E-state index contributed by atoms with van der Waals surface area (Å²) in [5.74, 6) is -1.18. The molecule has 0 spiro atoms. The lowest BCUT2D eigenvalue weighted by atomic mass is 10.2. The molecule has 6 nitrogen and oxygen atoms in total. The number of hydrogen-bond acceptors (Lipinski definition) is 4. The zero-order valence-electron chi connectivity index (χ0n) is 11.0. The summed E-state index contributed by atoms with van der Waals surface area (Å²) in [6, 6.07) is 3.19. The standard InChI is InChI=1S/C13H17N3O3/c1-9-8-16(6-5-15(9)2)12(17)11-4-3-10(7-14-11)13(18)19/h3-4,7,9H,5-6,8H2,1-2H3,(H,18,19). The second-order valence-corrected chi connectivity index (χ2v) is 4.82. The highest BCUT2D eigenvalue weighted by Gasteiger charge is 2.25. The Bertz CT molecular complexity index is 486. The maximum absolute atomic E-state index is 12.2. The molecule has 1 aliphatic rings. The van der Waals surface area contributed by atoms with Gasteiger partial charge >= 0.3 is 5.97 Å². The molecule has 0 bridgehead atoms. The monoisotopic (exact) mass is 263 g/mol. The number of pyridine rings is 1. The van der Waals surface area contributed by atoms with Gasteiger partial charge in [0, 0.05) is 31.9 Å². The second-order valence-electron chi connectivity index (χ2n) is 4.82. The molecule has 0 radical (unpaired) electrons. The predicted octanol–water partition coefficient (Wildman–Crippen LogP) is 0.556. The Morgan fingerprint density at radius 2 is 2.11 bits per heavy atom. The molecule has 6 heteroatoms. The second kappa shape index (κ2) is 5.36. The highest BCUT2D eigenvalue weighted by atomic mass is 16.4. The zero-order valence-corrected chi connectivity index (χ0v) is 11.0. The van der Waals surface area contributed by atoms with E-state index in [4.69, 9.17) is 5.11 Å². The summed E-state index contributed by atoms with van der Waals surface area (Å²) in [4.78, 5) is 30.8. The SMILES string of the molecule is CC1CN(C(=O)c2ccc(C(=O)O)cn2)CCN1C. The van der Waals surface area contributed by atoms with Gasteiger partial charge in [0.15, 0.2) is 0 Å². The van der Waals surface area contributed by atoms with Gasteiger partial charge in [-0.1, -0.05) is 0 Å². The van der Waals surface area contributed by atoms with E-state index >= 15 is 0 Å². The van der Waals surface area contributed by atoms with Crippen LogP contribution in [0.1, 0.15) is 27.8 Å². The fourth-order valence-electron chi connectivity index (χ4n) is 2.04. The molecule has 1 saturated heterocycles. The first kappa shape index (κ1) is 13.5. The summed E-state index contributed by atoms with van der Waals surface area (Å²) in [6.45, 7) is 4.24. The third-order valence-corrected chi connectivity index (χ3v) is 3.48. The number of amides is 1. The van der Waals surface area contributed by atoms with Crippen LogP contribution in [-0.2, 0) is 0 Å². The molecule has 0 aliphatic carbocycles. The molecule has 19 heavy (non-hydrogen) atoms. The van der Waals surface area contributed by atoms with Crippen molar-refractivity contribution in [3.63, 3.8) is 0 Å². The van der Waals surface area contributed by atoms with Gasteiger partial charge in [-0.05, 0) is 26.1 Å². The molecule has 1 amide bonds. The minimum atomic E-state index is -1.04. The van der Waals surface area contributed by atoms with Crippen LogP contribution >= 0.6 is 0 Å². The molecule has 1 atom stereocenters. The van der Waals surface area contributed by atoms with E-state index < -0.39 is 5.97 Å². The Morgan fingerprint density at radius 3 is 2.63 bits per heavy atom. The van der Waals surface area contributed by atoms with E-state index in [-0.39, 0.29) is 11.5 Å². The van der Waals surface area contributed by atoms with E-state index in [1.54, 1.807) is 4.90 Å². The number of carboxylic acids is 1. The molecule has 1 aromatic rings. The summed E-state index contributed by atoms with van der Waals surface area (Å²) >= 11 is 0. The normalized spacial score (nSPS) is 20.3. The van der Waals surface area contributed by atoms with Crippen LogP contribution in [0.25, 0.3) is 0 Å². The van der Waals surface area contributed by atoms with Gasteiger partial charge < -0.3 is 14.9 Å². The summed E-state index contributed by atoms with van der Waals surface area (Å²) in [6.07, 6.45) is 1.22. The van der Waals surface area contributed by atoms with Crippen molar-refractivity contribution in [3.8, 4) is 0 Å². The van der Waals surface area contributed by atoms with Crippen molar-refractivity contribution >= 4 is 11.9 Å². The Balaban J connectivity index is 2.09. The summed E-state index contributed by atoms with van der Waals surface area (Å²) in [7, 11) is 2.03. The average molecular weight is 263 g/mol. The molecule has 2 heterocycles. The van der Waals surface area contributed by atoms with E-state index in [2.05, 4.69) is 16.8 Å². The fraction of sp³-hybridized carbons (Fsp3) is 0.462. The molecule has 1 fully saturated rings. The lowest BCUT2D eigenvalue weighted by Crippen LogP contribution is -2.52. The number of piperazine rings is 1. The minimum Gasteiger partial charge on any atom is -0.478 e. The van der Waals surface area contributed by atoms with Gasteiger partial charge in [-0.3, -0.25) is 9.78 Å². The molecule has 1 aromatic heterocycles. The van der Waals surface area contributed by atoms with Crippen molar-refractivity contribution in [2.75, 3.05) is 26.7 Å². The number of carboxylic acid groups (broad SMARTS) is 1. The molecule has 1 aliphatic heterocycles. The Kier molecular flexibility index (Phi) is 3.80. The quantitative estimate of drug-likeness (QED) is 0.843. The van der Waals surface area contributed by atoms with Gasteiger partial charge in [0.25, 0.3) is 5.91 Å². The van der Waals surface area contributed by atoms with Gasteiger partial charge in [-0.15, -0.1) is 0 Å². The van der Waals surface area contributed by atoms with Crippen molar-refractivity contribution in [1.29, 1.82) is 0 Å². The van der Waals surface area contributed by atoms with Crippen molar-refractivity contribution in [3.05, 3.63) is 29.6 Å². The lowest BCUT2D eigenvalue weighted by molar-refractivity contribution is 0.0565. The van der Waals surface area contributed by atoms with E-state index in [1.807, 2.05) is 7.05 Å². The molecule has 1 unspecified atom stereocenters. The number of aromatic nitrogens is 1. The number of hydrogen-bond donors (Lipinski definition) is 1. The van der Waals surface area contributed by atoms with Gasteiger partial charge in [0.2, 0.25) is 0 Å².